The number of aryl methyl sites for hydroxylation is 2. The molecule has 2 heterocycles. The number of aliphatic imine (C=N–C) groups is 1. The summed E-state index contributed by atoms with van der Waals surface area (Å²) in [5, 5.41) is 10.3. The lowest BCUT2D eigenvalue weighted by Gasteiger charge is -2.13. The van der Waals surface area contributed by atoms with Gasteiger partial charge in [0, 0.05) is 39.8 Å². The highest BCUT2D eigenvalue weighted by molar-refractivity contribution is 14.0. The molecular weight excluding hydrogens is 425 g/mol. The topological polar surface area (TPSA) is 93.8 Å². The highest BCUT2D eigenvalue weighted by Crippen LogP contribution is 2.07. The monoisotopic (exact) mass is 453 g/mol. The standard InChI is InChI=1S/C15H27N5O3.HI/c1-12-19-14(23-20-12)5-3-7-17-15(16-2)18-8-4-9-22-13-6-10-21-11-13;/h13H,3-11H2,1-2H3,(H2,16,17,18);1H. The number of guanidine groups is 1. The Balaban J connectivity index is 0.00000288. The summed E-state index contributed by atoms with van der Waals surface area (Å²) in [6.07, 6.45) is 3.91. The van der Waals surface area contributed by atoms with E-state index in [0.717, 1.165) is 64.6 Å². The van der Waals surface area contributed by atoms with Gasteiger partial charge >= 0.3 is 0 Å². The van der Waals surface area contributed by atoms with Gasteiger partial charge in [-0.25, -0.2) is 0 Å². The number of nitrogens with zero attached hydrogens (tertiary/aromatic N) is 3. The molecule has 2 N–H and O–H groups in total. The Kier molecular flexibility index (Phi) is 10.9. The van der Waals surface area contributed by atoms with E-state index < -0.39 is 0 Å². The van der Waals surface area contributed by atoms with Gasteiger partial charge in [0.2, 0.25) is 5.89 Å². The van der Waals surface area contributed by atoms with Crippen molar-refractivity contribution in [1.29, 1.82) is 0 Å². The summed E-state index contributed by atoms with van der Waals surface area (Å²) in [5.41, 5.74) is 0. The van der Waals surface area contributed by atoms with Crippen LogP contribution in [0.3, 0.4) is 0 Å². The molecule has 1 aliphatic rings. The highest BCUT2D eigenvalue weighted by atomic mass is 127. The van der Waals surface area contributed by atoms with Crippen LogP contribution in [0.1, 0.15) is 31.0 Å². The number of aromatic nitrogens is 2. The molecule has 0 bridgehead atoms. The highest BCUT2D eigenvalue weighted by Gasteiger charge is 2.15. The smallest absolute Gasteiger partial charge is 0.226 e. The summed E-state index contributed by atoms with van der Waals surface area (Å²) in [4.78, 5) is 8.37. The summed E-state index contributed by atoms with van der Waals surface area (Å²) in [6.45, 7) is 5.75. The average Bonchev–Trinajstić information content (AvgIpc) is 3.20. The van der Waals surface area contributed by atoms with Crippen LogP contribution in [0.15, 0.2) is 9.52 Å². The van der Waals surface area contributed by atoms with E-state index in [4.69, 9.17) is 14.0 Å². The van der Waals surface area contributed by atoms with Crippen LogP contribution in [0.25, 0.3) is 0 Å². The Morgan fingerprint density at radius 1 is 1.33 bits per heavy atom. The zero-order valence-electron chi connectivity index (χ0n) is 14.4. The van der Waals surface area contributed by atoms with E-state index in [1.54, 1.807) is 7.05 Å². The molecule has 1 fully saturated rings. The molecular formula is C15H28IN5O3. The van der Waals surface area contributed by atoms with Crippen molar-refractivity contribution < 1.29 is 14.0 Å². The van der Waals surface area contributed by atoms with Crippen LogP contribution in [-0.4, -0.2) is 62.2 Å². The predicted octanol–water partition coefficient (Wildman–Crippen LogP) is 1.29. The van der Waals surface area contributed by atoms with E-state index >= 15 is 0 Å². The first-order valence-corrected chi connectivity index (χ1v) is 8.21. The van der Waals surface area contributed by atoms with Crippen LogP contribution < -0.4 is 10.6 Å². The molecule has 0 amide bonds. The Bertz CT molecular complexity index is 477. The maximum atomic E-state index is 5.72. The maximum absolute atomic E-state index is 5.72. The summed E-state index contributed by atoms with van der Waals surface area (Å²) >= 11 is 0. The molecule has 0 radical (unpaired) electrons. The predicted molar refractivity (Wildman–Crippen MR) is 102 cm³/mol. The molecule has 9 heteroatoms. The Hall–Kier alpha value is -0.940. The van der Waals surface area contributed by atoms with Gasteiger partial charge in [0.15, 0.2) is 11.8 Å². The van der Waals surface area contributed by atoms with E-state index in [9.17, 15) is 0 Å². The van der Waals surface area contributed by atoms with E-state index in [2.05, 4.69) is 25.8 Å². The summed E-state index contributed by atoms with van der Waals surface area (Å²) in [5.74, 6) is 2.16. The fourth-order valence-corrected chi connectivity index (χ4v) is 2.28. The first-order chi connectivity index (χ1) is 11.3. The largest absolute Gasteiger partial charge is 0.379 e. The average molecular weight is 453 g/mol. The molecule has 0 spiro atoms. The third-order valence-electron chi connectivity index (χ3n) is 3.51. The molecule has 24 heavy (non-hydrogen) atoms. The molecule has 8 nitrogen and oxygen atoms in total. The maximum Gasteiger partial charge on any atom is 0.226 e. The number of hydrogen-bond donors (Lipinski definition) is 2. The van der Waals surface area contributed by atoms with Gasteiger partial charge in [0.1, 0.15) is 0 Å². The fraction of sp³-hybridized carbons (Fsp3) is 0.800. The zero-order valence-corrected chi connectivity index (χ0v) is 16.7. The van der Waals surface area contributed by atoms with E-state index in [1.165, 1.54) is 0 Å². The Morgan fingerprint density at radius 3 is 2.75 bits per heavy atom. The van der Waals surface area contributed by atoms with E-state index in [1.807, 2.05) is 6.92 Å². The van der Waals surface area contributed by atoms with Gasteiger partial charge in [-0.3, -0.25) is 4.99 Å². The lowest BCUT2D eigenvalue weighted by Crippen LogP contribution is -2.38. The third-order valence-corrected chi connectivity index (χ3v) is 3.51. The molecule has 0 saturated carbocycles. The van der Waals surface area contributed by atoms with Crippen molar-refractivity contribution in [1.82, 2.24) is 20.8 Å². The Morgan fingerprint density at radius 2 is 2.12 bits per heavy atom. The molecule has 1 aliphatic heterocycles. The molecule has 2 rings (SSSR count). The SMILES string of the molecule is CN=C(NCCCOC1CCOC1)NCCCc1nc(C)no1.I. The molecule has 1 aromatic heterocycles. The minimum atomic E-state index is 0. The van der Waals surface area contributed by atoms with Crippen LogP contribution in [0.5, 0.6) is 0 Å². The van der Waals surface area contributed by atoms with Gasteiger partial charge in [-0.05, 0) is 26.2 Å². The van der Waals surface area contributed by atoms with Crippen LogP contribution in [0.4, 0.5) is 0 Å². The molecule has 1 aromatic rings. The fourth-order valence-electron chi connectivity index (χ4n) is 2.28. The van der Waals surface area contributed by atoms with Crippen molar-refractivity contribution in [2.75, 3.05) is 40.0 Å². The lowest BCUT2D eigenvalue weighted by molar-refractivity contribution is 0.0420. The third kappa shape index (κ3) is 8.25. The number of rotatable bonds is 9. The quantitative estimate of drug-likeness (QED) is 0.252. The first-order valence-electron chi connectivity index (χ1n) is 8.21. The number of nitrogens with one attached hydrogen (secondary N) is 2. The normalized spacial score (nSPS) is 17.6. The molecule has 138 valence electrons. The van der Waals surface area contributed by atoms with Gasteiger partial charge < -0.3 is 24.6 Å². The van der Waals surface area contributed by atoms with E-state index in [-0.39, 0.29) is 30.1 Å². The molecule has 0 aromatic carbocycles. The lowest BCUT2D eigenvalue weighted by atomic mass is 10.3. The second-order valence-electron chi connectivity index (χ2n) is 5.47. The second-order valence-corrected chi connectivity index (χ2v) is 5.47. The van der Waals surface area contributed by atoms with Crippen LogP contribution in [-0.2, 0) is 15.9 Å². The van der Waals surface area contributed by atoms with E-state index in [0.29, 0.717) is 11.7 Å². The number of ether oxygens (including phenoxy) is 2. The van der Waals surface area contributed by atoms with Gasteiger partial charge in [0.05, 0.1) is 12.7 Å². The van der Waals surface area contributed by atoms with Gasteiger partial charge in [-0.15, -0.1) is 24.0 Å². The minimum absolute atomic E-state index is 0. The van der Waals surface area contributed by atoms with Crippen molar-refractivity contribution in [3.8, 4) is 0 Å². The van der Waals surface area contributed by atoms with Crippen LogP contribution >= 0.6 is 24.0 Å². The first kappa shape index (κ1) is 21.1. The van der Waals surface area contributed by atoms with Crippen molar-refractivity contribution in [3.05, 3.63) is 11.7 Å². The van der Waals surface area contributed by atoms with Crippen LogP contribution in [0, 0.1) is 6.92 Å². The molecule has 0 aliphatic carbocycles. The summed E-state index contributed by atoms with van der Waals surface area (Å²) < 4.78 is 16.1. The number of hydrogen-bond acceptors (Lipinski definition) is 6. The molecule has 1 unspecified atom stereocenters. The van der Waals surface area contributed by atoms with Gasteiger partial charge in [0.25, 0.3) is 0 Å². The zero-order chi connectivity index (χ0) is 16.3. The Labute approximate surface area is 160 Å². The van der Waals surface area contributed by atoms with Gasteiger partial charge in [-0.1, -0.05) is 5.16 Å². The van der Waals surface area contributed by atoms with Crippen LogP contribution in [0.2, 0.25) is 0 Å². The van der Waals surface area contributed by atoms with Gasteiger partial charge in [-0.2, -0.15) is 4.98 Å². The van der Waals surface area contributed by atoms with Crippen molar-refractivity contribution in [2.24, 2.45) is 4.99 Å². The van der Waals surface area contributed by atoms with Crippen molar-refractivity contribution >= 4 is 29.9 Å². The summed E-state index contributed by atoms with van der Waals surface area (Å²) in [7, 11) is 1.77. The number of halogens is 1. The van der Waals surface area contributed by atoms with Crippen molar-refractivity contribution in [2.45, 2.75) is 38.7 Å². The summed E-state index contributed by atoms with van der Waals surface area (Å²) in [6, 6.07) is 0. The van der Waals surface area contributed by atoms with Crippen molar-refractivity contribution in [3.63, 3.8) is 0 Å². The molecule has 1 atom stereocenters. The molecule has 1 saturated heterocycles. The second kappa shape index (κ2) is 12.4. The minimum Gasteiger partial charge on any atom is -0.379 e.